The van der Waals surface area contributed by atoms with Crippen LogP contribution in [0.3, 0.4) is 0 Å². The Morgan fingerprint density at radius 3 is 2.60 bits per heavy atom. The molecule has 0 aromatic carbocycles. The van der Waals surface area contributed by atoms with Gasteiger partial charge in [0.2, 0.25) is 0 Å². The number of nitrogens with two attached hydrogens (primary N) is 1. The topological polar surface area (TPSA) is 76.3 Å². The van der Waals surface area contributed by atoms with Crippen LogP contribution in [0.4, 0.5) is 4.39 Å². The zero-order valence-electron chi connectivity index (χ0n) is 12.1. The lowest BCUT2D eigenvalue weighted by Gasteiger charge is -2.25. The Balaban J connectivity index is 2.52. The zero-order chi connectivity index (χ0) is 15.3. The van der Waals surface area contributed by atoms with Crippen LogP contribution in [0.15, 0.2) is 18.3 Å². The minimum absolute atomic E-state index is 0.0810. The normalized spacial score (nSPS) is 15.3. The molecule has 2 unspecified atom stereocenters. The van der Waals surface area contributed by atoms with Crippen LogP contribution in [0.25, 0.3) is 0 Å². The summed E-state index contributed by atoms with van der Waals surface area (Å²) in [5, 5.41) is 0. The highest BCUT2D eigenvalue weighted by atomic mass is 32.2. The fourth-order valence-electron chi connectivity index (χ4n) is 1.89. The molecule has 0 aliphatic carbocycles. The standard InChI is InChI=1S/C13H22FN3O2S/c1-10(9-17(2)6-7-20(3,18)19)13(15)12-5-4-11(14)8-16-12/h4-5,8,10,13H,6-7,9,15H2,1-3H3. The Hall–Kier alpha value is -1.05. The molecule has 1 aromatic heterocycles. The fourth-order valence-corrected chi connectivity index (χ4v) is 2.54. The zero-order valence-corrected chi connectivity index (χ0v) is 12.9. The van der Waals surface area contributed by atoms with Gasteiger partial charge >= 0.3 is 0 Å². The lowest BCUT2D eigenvalue weighted by atomic mass is 9.99. The predicted molar refractivity (Wildman–Crippen MR) is 77.5 cm³/mol. The third-order valence-corrected chi connectivity index (χ3v) is 4.07. The van der Waals surface area contributed by atoms with E-state index in [4.69, 9.17) is 5.73 Å². The highest BCUT2D eigenvalue weighted by Gasteiger charge is 2.18. The summed E-state index contributed by atoms with van der Waals surface area (Å²) in [6, 6.07) is 2.60. The fraction of sp³-hybridized carbons (Fsp3) is 0.615. The van der Waals surface area contributed by atoms with Crippen molar-refractivity contribution in [2.45, 2.75) is 13.0 Å². The first-order valence-corrected chi connectivity index (χ1v) is 8.48. The van der Waals surface area contributed by atoms with Gasteiger partial charge in [0.05, 0.1) is 23.7 Å². The smallest absolute Gasteiger partial charge is 0.148 e. The second-order valence-electron chi connectivity index (χ2n) is 5.30. The first kappa shape index (κ1) is 17.0. The van der Waals surface area contributed by atoms with Crippen molar-refractivity contribution in [1.82, 2.24) is 9.88 Å². The molecule has 1 heterocycles. The number of halogens is 1. The third kappa shape index (κ3) is 5.94. The summed E-state index contributed by atoms with van der Waals surface area (Å²) in [6.07, 6.45) is 2.37. The average molecular weight is 303 g/mol. The summed E-state index contributed by atoms with van der Waals surface area (Å²) in [6.45, 7) is 3.08. The van der Waals surface area contributed by atoms with Crippen LogP contribution < -0.4 is 5.73 Å². The van der Waals surface area contributed by atoms with E-state index >= 15 is 0 Å². The van der Waals surface area contributed by atoms with Crippen molar-refractivity contribution >= 4 is 9.84 Å². The molecule has 2 N–H and O–H groups in total. The molecule has 0 spiro atoms. The lowest BCUT2D eigenvalue weighted by Crippen LogP contribution is -2.34. The number of rotatable bonds is 7. The van der Waals surface area contributed by atoms with E-state index in [1.54, 1.807) is 6.07 Å². The van der Waals surface area contributed by atoms with E-state index in [-0.39, 0.29) is 23.5 Å². The van der Waals surface area contributed by atoms with Gasteiger partial charge in [-0.1, -0.05) is 6.92 Å². The molecular formula is C13H22FN3O2S. The van der Waals surface area contributed by atoms with Crippen LogP contribution >= 0.6 is 0 Å². The minimum atomic E-state index is -2.96. The molecule has 5 nitrogen and oxygen atoms in total. The molecule has 1 rings (SSSR count). The molecule has 0 aliphatic rings. The maximum Gasteiger partial charge on any atom is 0.148 e. The van der Waals surface area contributed by atoms with Gasteiger partial charge in [-0.25, -0.2) is 12.8 Å². The molecule has 114 valence electrons. The number of nitrogens with zero attached hydrogens (tertiary/aromatic N) is 2. The van der Waals surface area contributed by atoms with Gasteiger partial charge in [0.15, 0.2) is 0 Å². The van der Waals surface area contributed by atoms with Crippen molar-refractivity contribution in [2.75, 3.05) is 32.1 Å². The quantitative estimate of drug-likeness (QED) is 0.807. The van der Waals surface area contributed by atoms with Crippen LogP contribution in [-0.4, -0.2) is 50.4 Å². The molecule has 0 aliphatic heterocycles. The molecule has 20 heavy (non-hydrogen) atoms. The van der Waals surface area contributed by atoms with Gasteiger partial charge in [0.1, 0.15) is 15.7 Å². The van der Waals surface area contributed by atoms with Crippen LogP contribution in [0.1, 0.15) is 18.7 Å². The molecule has 1 aromatic rings. The predicted octanol–water partition coefficient (Wildman–Crippen LogP) is 0.833. The molecule has 2 atom stereocenters. The van der Waals surface area contributed by atoms with E-state index < -0.39 is 9.84 Å². The Labute approximate surface area is 119 Å². The summed E-state index contributed by atoms with van der Waals surface area (Å²) in [7, 11) is -1.11. The molecule has 0 saturated heterocycles. The number of sulfone groups is 1. The van der Waals surface area contributed by atoms with Gasteiger partial charge in [-0.3, -0.25) is 4.98 Å². The van der Waals surface area contributed by atoms with E-state index in [9.17, 15) is 12.8 Å². The minimum Gasteiger partial charge on any atom is -0.322 e. The van der Waals surface area contributed by atoms with E-state index in [0.29, 0.717) is 18.8 Å². The maximum absolute atomic E-state index is 12.8. The van der Waals surface area contributed by atoms with Crippen molar-refractivity contribution in [2.24, 2.45) is 11.7 Å². The third-order valence-electron chi connectivity index (χ3n) is 3.15. The van der Waals surface area contributed by atoms with Crippen molar-refractivity contribution in [3.63, 3.8) is 0 Å². The second-order valence-corrected chi connectivity index (χ2v) is 7.56. The van der Waals surface area contributed by atoms with Crippen molar-refractivity contribution in [1.29, 1.82) is 0 Å². The Bertz CT molecular complexity index is 519. The summed E-state index contributed by atoms with van der Waals surface area (Å²) < 4.78 is 35.0. The van der Waals surface area contributed by atoms with Gasteiger partial charge in [-0.05, 0) is 25.1 Å². The number of hydrogen-bond donors (Lipinski definition) is 1. The summed E-state index contributed by atoms with van der Waals surface area (Å²) in [5.74, 6) is -0.184. The largest absolute Gasteiger partial charge is 0.322 e. The summed E-state index contributed by atoms with van der Waals surface area (Å²) in [5.41, 5.74) is 6.72. The van der Waals surface area contributed by atoms with Gasteiger partial charge in [-0.2, -0.15) is 0 Å². The monoisotopic (exact) mass is 303 g/mol. The van der Waals surface area contributed by atoms with Crippen LogP contribution in [0.2, 0.25) is 0 Å². The molecule has 0 radical (unpaired) electrons. The van der Waals surface area contributed by atoms with Crippen molar-refractivity contribution in [3.05, 3.63) is 29.8 Å². The van der Waals surface area contributed by atoms with E-state index in [1.807, 2.05) is 18.9 Å². The summed E-state index contributed by atoms with van der Waals surface area (Å²) in [4.78, 5) is 5.90. The molecular weight excluding hydrogens is 281 g/mol. The van der Waals surface area contributed by atoms with Gasteiger partial charge in [0.25, 0.3) is 0 Å². The highest BCUT2D eigenvalue weighted by molar-refractivity contribution is 7.90. The highest BCUT2D eigenvalue weighted by Crippen LogP contribution is 2.18. The van der Waals surface area contributed by atoms with Crippen LogP contribution in [0, 0.1) is 11.7 Å². The summed E-state index contributed by atoms with van der Waals surface area (Å²) >= 11 is 0. The number of aromatic nitrogens is 1. The molecule has 0 saturated carbocycles. The van der Waals surface area contributed by atoms with Gasteiger partial charge in [0, 0.05) is 19.3 Å². The molecule has 0 amide bonds. The number of pyridine rings is 1. The van der Waals surface area contributed by atoms with Crippen LogP contribution in [-0.2, 0) is 9.84 Å². The van der Waals surface area contributed by atoms with E-state index in [1.165, 1.54) is 12.3 Å². The molecule has 0 fully saturated rings. The average Bonchev–Trinajstić information content (AvgIpc) is 2.35. The van der Waals surface area contributed by atoms with Gasteiger partial charge < -0.3 is 10.6 Å². The Morgan fingerprint density at radius 2 is 2.10 bits per heavy atom. The SMILES string of the molecule is CC(CN(C)CCS(C)(=O)=O)C(N)c1ccc(F)cn1. The van der Waals surface area contributed by atoms with E-state index in [2.05, 4.69) is 4.98 Å². The van der Waals surface area contributed by atoms with Crippen molar-refractivity contribution < 1.29 is 12.8 Å². The molecule has 0 bridgehead atoms. The van der Waals surface area contributed by atoms with E-state index in [0.717, 1.165) is 6.20 Å². The first-order chi connectivity index (χ1) is 9.19. The first-order valence-electron chi connectivity index (χ1n) is 6.42. The second kappa shape index (κ2) is 7.10. The Morgan fingerprint density at radius 1 is 1.45 bits per heavy atom. The Kier molecular flexibility index (Phi) is 6.04. The maximum atomic E-state index is 12.8. The lowest BCUT2D eigenvalue weighted by molar-refractivity contribution is 0.274. The molecule has 7 heteroatoms. The van der Waals surface area contributed by atoms with Crippen molar-refractivity contribution in [3.8, 4) is 0 Å². The van der Waals surface area contributed by atoms with Gasteiger partial charge in [-0.15, -0.1) is 0 Å². The number of hydrogen-bond acceptors (Lipinski definition) is 5. The van der Waals surface area contributed by atoms with Crippen LogP contribution in [0.5, 0.6) is 0 Å².